The van der Waals surface area contributed by atoms with E-state index in [9.17, 15) is 9.59 Å². The summed E-state index contributed by atoms with van der Waals surface area (Å²) in [6, 6.07) is 3.99. The Balaban J connectivity index is 2.20. The molecular weight excluding hydrogens is 414 g/mol. The fraction of sp³-hybridized carbons (Fsp3) is 0.435. The van der Waals surface area contributed by atoms with Gasteiger partial charge in [0.2, 0.25) is 0 Å². The van der Waals surface area contributed by atoms with Crippen molar-refractivity contribution in [2.75, 3.05) is 38.2 Å². The number of thiocarbonyl (C=S) groups is 1. The van der Waals surface area contributed by atoms with Crippen molar-refractivity contribution >= 4 is 40.4 Å². The quantitative estimate of drug-likeness (QED) is 0.380. The van der Waals surface area contributed by atoms with Crippen LogP contribution in [0.15, 0.2) is 29.5 Å². The molecule has 2 heterocycles. The molecule has 0 bridgehead atoms. The van der Waals surface area contributed by atoms with E-state index in [4.69, 9.17) is 21.7 Å². The van der Waals surface area contributed by atoms with Gasteiger partial charge in [-0.3, -0.25) is 19.4 Å². The number of nitrogens with zero attached hydrogens (tertiary/aromatic N) is 3. The molecular formula is C23H29N3O4S. The molecule has 0 N–H and O–H groups in total. The van der Waals surface area contributed by atoms with Gasteiger partial charge in [-0.15, -0.1) is 0 Å². The highest BCUT2D eigenvalue weighted by atomic mass is 32.1. The van der Waals surface area contributed by atoms with E-state index < -0.39 is 11.8 Å². The number of rotatable bonds is 6. The van der Waals surface area contributed by atoms with Crippen molar-refractivity contribution in [1.29, 1.82) is 0 Å². The molecule has 3 rings (SSSR count). The molecule has 0 unspecified atom stereocenters. The van der Waals surface area contributed by atoms with Gasteiger partial charge in [-0.2, -0.15) is 0 Å². The summed E-state index contributed by atoms with van der Waals surface area (Å²) >= 11 is 5.36. The summed E-state index contributed by atoms with van der Waals surface area (Å²) < 4.78 is 12.0. The number of benzene rings is 1. The fourth-order valence-corrected chi connectivity index (χ4v) is 4.39. The Hall–Kier alpha value is -2.87. The van der Waals surface area contributed by atoms with Crippen LogP contribution in [0, 0.1) is 0 Å². The molecule has 1 saturated heterocycles. The van der Waals surface area contributed by atoms with E-state index >= 15 is 0 Å². The number of fused-ring (bicyclic) bond motifs is 1. The molecule has 7 nitrogen and oxygen atoms in total. The van der Waals surface area contributed by atoms with Gasteiger partial charge in [0.1, 0.15) is 11.3 Å². The summed E-state index contributed by atoms with van der Waals surface area (Å²) in [5.74, 6) is 0.424. The second kappa shape index (κ2) is 9.09. The molecule has 2 aliphatic rings. The summed E-state index contributed by atoms with van der Waals surface area (Å²) in [4.78, 5) is 31.3. The van der Waals surface area contributed by atoms with Crippen LogP contribution in [0.25, 0.3) is 5.57 Å². The van der Waals surface area contributed by atoms with Crippen molar-refractivity contribution < 1.29 is 19.1 Å². The van der Waals surface area contributed by atoms with Crippen LogP contribution in [0.3, 0.4) is 0 Å². The van der Waals surface area contributed by atoms with Gasteiger partial charge in [0.25, 0.3) is 11.8 Å². The van der Waals surface area contributed by atoms with Crippen LogP contribution in [-0.2, 0) is 9.59 Å². The van der Waals surface area contributed by atoms with Crippen LogP contribution in [0.1, 0.15) is 40.2 Å². The molecule has 0 aromatic heterocycles. The van der Waals surface area contributed by atoms with Gasteiger partial charge >= 0.3 is 0 Å². The van der Waals surface area contributed by atoms with E-state index in [0.717, 1.165) is 29.9 Å². The van der Waals surface area contributed by atoms with Crippen LogP contribution in [0.5, 0.6) is 11.5 Å². The summed E-state index contributed by atoms with van der Waals surface area (Å²) in [5.41, 5.74) is 2.63. The molecule has 0 saturated carbocycles. The number of hydrogen-bond donors (Lipinski definition) is 0. The maximum absolute atomic E-state index is 13.2. The third-order valence-corrected chi connectivity index (χ3v) is 6.08. The van der Waals surface area contributed by atoms with Gasteiger partial charge in [-0.1, -0.05) is 0 Å². The predicted molar refractivity (Wildman–Crippen MR) is 125 cm³/mol. The van der Waals surface area contributed by atoms with Crippen molar-refractivity contribution in [3.63, 3.8) is 0 Å². The number of hydrogen-bond acceptors (Lipinski definition) is 6. The van der Waals surface area contributed by atoms with Crippen LogP contribution >= 0.6 is 12.2 Å². The van der Waals surface area contributed by atoms with E-state index in [0.29, 0.717) is 24.6 Å². The van der Waals surface area contributed by atoms with Crippen molar-refractivity contribution in [1.82, 2.24) is 9.80 Å². The molecule has 1 aromatic rings. The standard InChI is InChI=1S/C23H29N3O4S/c1-7-24(8-2)16-12-11-15-14(5)13-17(30-19(15)20(16)29-6)18-21(27)25(9-3)23(31)26(10-4)22(18)28/h11-13H,7-10H2,1-6H3. The van der Waals surface area contributed by atoms with E-state index in [1.54, 1.807) is 13.2 Å². The Labute approximate surface area is 188 Å². The van der Waals surface area contributed by atoms with Crippen molar-refractivity contribution in [3.05, 3.63) is 35.1 Å². The van der Waals surface area contributed by atoms with Crippen LogP contribution in [-0.4, -0.2) is 60.0 Å². The summed E-state index contributed by atoms with van der Waals surface area (Å²) in [6.45, 7) is 12.1. The van der Waals surface area contributed by atoms with E-state index in [-0.39, 0.29) is 16.4 Å². The number of amides is 2. The zero-order chi connectivity index (χ0) is 22.9. The summed E-state index contributed by atoms with van der Waals surface area (Å²) in [5, 5.41) is 0.225. The third kappa shape index (κ3) is 3.69. The number of carbonyl (C=O) groups excluding carboxylic acids is 2. The Bertz CT molecular complexity index is 967. The first-order valence-corrected chi connectivity index (χ1v) is 11.0. The topological polar surface area (TPSA) is 62.3 Å². The van der Waals surface area contributed by atoms with Gasteiger partial charge < -0.3 is 14.4 Å². The Morgan fingerprint density at radius 1 is 1.03 bits per heavy atom. The average Bonchev–Trinajstić information content (AvgIpc) is 2.75. The number of methoxy groups -OCH3 is 1. The molecule has 0 spiro atoms. The molecule has 1 aromatic carbocycles. The predicted octanol–water partition coefficient (Wildman–Crippen LogP) is 3.59. The maximum atomic E-state index is 13.2. The number of allylic oxidation sites excluding steroid dienone is 2. The number of carbonyl (C=O) groups is 2. The highest BCUT2D eigenvalue weighted by molar-refractivity contribution is 7.80. The molecule has 0 aliphatic carbocycles. The minimum absolute atomic E-state index is 0.0161. The van der Waals surface area contributed by atoms with Gasteiger partial charge in [0.15, 0.2) is 16.6 Å². The van der Waals surface area contributed by atoms with Crippen LogP contribution in [0.4, 0.5) is 5.69 Å². The lowest BCUT2D eigenvalue weighted by molar-refractivity contribution is -0.133. The monoisotopic (exact) mass is 443 g/mol. The van der Waals surface area contributed by atoms with Gasteiger partial charge in [0, 0.05) is 31.7 Å². The summed E-state index contributed by atoms with van der Waals surface area (Å²) in [7, 11) is 1.60. The molecule has 2 amide bonds. The largest absolute Gasteiger partial charge is 0.491 e. The van der Waals surface area contributed by atoms with E-state index in [1.807, 2.05) is 32.9 Å². The maximum Gasteiger partial charge on any atom is 0.269 e. The Morgan fingerprint density at radius 2 is 1.61 bits per heavy atom. The smallest absolute Gasteiger partial charge is 0.269 e. The average molecular weight is 444 g/mol. The first-order chi connectivity index (χ1) is 14.8. The fourth-order valence-electron chi connectivity index (χ4n) is 3.96. The third-order valence-electron chi connectivity index (χ3n) is 5.64. The van der Waals surface area contributed by atoms with E-state index in [1.165, 1.54) is 9.80 Å². The van der Waals surface area contributed by atoms with Crippen molar-refractivity contribution in [2.24, 2.45) is 0 Å². The first kappa shape index (κ1) is 22.8. The van der Waals surface area contributed by atoms with Crippen LogP contribution in [0.2, 0.25) is 0 Å². The number of ether oxygens (including phenoxy) is 2. The first-order valence-electron chi connectivity index (χ1n) is 10.6. The SMILES string of the molecule is CCN1C(=O)C(=C2C=C(C)c3ccc(N(CC)CC)c(OC)c3O2)C(=O)N(CC)C1=S. The lowest BCUT2D eigenvalue weighted by Crippen LogP contribution is -2.56. The van der Waals surface area contributed by atoms with Gasteiger partial charge in [0.05, 0.1) is 12.8 Å². The summed E-state index contributed by atoms with van der Waals surface area (Å²) in [6.07, 6.45) is 1.74. The molecule has 31 heavy (non-hydrogen) atoms. The normalized spacial score (nSPS) is 16.3. The molecule has 2 aliphatic heterocycles. The molecule has 8 heteroatoms. The molecule has 1 fully saturated rings. The van der Waals surface area contributed by atoms with Gasteiger partial charge in [-0.05, 0) is 70.6 Å². The van der Waals surface area contributed by atoms with Crippen molar-refractivity contribution in [2.45, 2.75) is 34.6 Å². The highest BCUT2D eigenvalue weighted by Gasteiger charge is 2.41. The number of anilines is 1. The molecule has 0 atom stereocenters. The minimum Gasteiger partial charge on any atom is -0.491 e. The lowest BCUT2D eigenvalue weighted by atomic mass is 9.99. The second-order valence-corrected chi connectivity index (χ2v) is 7.58. The van der Waals surface area contributed by atoms with Crippen molar-refractivity contribution in [3.8, 4) is 11.5 Å². The molecule has 0 radical (unpaired) electrons. The molecule has 166 valence electrons. The Kier molecular flexibility index (Phi) is 6.69. The minimum atomic E-state index is -0.441. The van der Waals surface area contributed by atoms with E-state index in [2.05, 4.69) is 18.7 Å². The van der Waals surface area contributed by atoms with Gasteiger partial charge in [-0.25, -0.2) is 0 Å². The highest BCUT2D eigenvalue weighted by Crippen LogP contribution is 2.46. The Morgan fingerprint density at radius 3 is 2.10 bits per heavy atom. The lowest BCUT2D eigenvalue weighted by Gasteiger charge is -2.36. The zero-order valence-electron chi connectivity index (χ0n) is 18.9. The van der Waals surface area contributed by atoms with Crippen LogP contribution < -0.4 is 14.4 Å². The second-order valence-electron chi connectivity index (χ2n) is 7.22. The number of likely N-dealkylation sites (N-methyl/N-ethyl adjacent to an activating group) is 2. The zero-order valence-corrected chi connectivity index (χ0v) is 19.8.